The van der Waals surface area contributed by atoms with Crippen LogP contribution in [0.4, 0.5) is 0 Å². The minimum absolute atomic E-state index is 0.0710. The molecule has 0 saturated carbocycles. The number of nitrogens with one attached hydrogen (secondary N) is 1. The Bertz CT molecular complexity index is 511. The average Bonchev–Trinajstić information content (AvgIpc) is 2.56. The van der Waals surface area contributed by atoms with Crippen molar-refractivity contribution in [1.29, 1.82) is 0 Å². The SMILES string of the molecule is COCCO[C@@H]1CCCN([C@@H]2C=C(C(=O)O)C[C@H](N)[C@H]2NC(C)=O)C1. The number of ether oxygens (including phenoxy) is 2. The Morgan fingerprint density at radius 1 is 1.44 bits per heavy atom. The number of carboxylic acid groups (broad SMARTS) is 1. The number of carboxylic acids is 1. The third-order valence-corrected chi connectivity index (χ3v) is 4.77. The Morgan fingerprint density at radius 2 is 2.20 bits per heavy atom. The fourth-order valence-electron chi connectivity index (χ4n) is 3.60. The van der Waals surface area contributed by atoms with Crippen LogP contribution in [0.25, 0.3) is 0 Å². The van der Waals surface area contributed by atoms with Gasteiger partial charge >= 0.3 is 5.97 Å². The van der Waals surface area contributed by atoms with Gasteiger partial charge in [0.05, 0.1) is 31.4 Å². The standard InChI is InChI=1S/C17H29N3O5/c1-11(21)19-16-14(18)8-12(17(22)23)9-15(16)20-5-3-4-13(10-20)25-7-6-24-2/h9,13-16H,3-8,10,18H2,1-2H3,(H,19,21)(H,22,23)/t13-,14+,15-,16-/m1/s1. The van der Waals surface area contributed by atoms with E-state index in [1.54, 1.807) is 13.2 Å². The number of aliphatic carboxylic acids is 1. The molecule has 0 aromatic carbocycles. The van der Waals surface area contributed by atoms with Gasteiger partial charge < -0.3 is 25.6 Å². The molecule has 8 nitrogen and oxygen atoms in total. The molecule has 142 valence electrons. The lowest BCUT2D eigenvalue weighted by atomic mass is 9.85. The Balaban J connectivity index is 2.13. The van der Waals surface area contributed by atoms with E-state index in [9.17, 15) is 14.7 Å². The fourth-order valence-corrected chi connectivity index (χ4v) is 3.60. The summed E-state index contributed by atoms with van der Waals surface area (Å²) in [5.41, 5.74) is 6.50. The Hall–Kier alpha value is -1.48. The number of hydrogen-bond acceptors (Lipinski definition) is 6. The number of nitrogens with two attached hydrogens (primary N) is 1. The lowest BCUT2D eigenvalue weighted by molar-refractivity contribution is -0.133. The van der Waals surface area contributed by atoms with Gasteiger partial charge in [0.2, 0.25) is 5.91 Å². The highest BCUT2D eigenvalue weighted by atomic mass is 16.5. The zero-order chi connectivity index (χ0) is 18.4. The van der Waals surface area contributed by atoms with Crippen molar-refractivity contribution in [2.45, 2.75) is 50.4 Å². The molecule has 4 N–H and O–H groups in total. The maximum atomic E-state index is 11.6. The molecule has 0 aromatic rings. The number of hydrogen-bond donors (Lipinski definition) is 3. The van der Waals surface area contributed by atoms with Gasteiger partial charge in [-0.25, -0.2) is 4.79 Å². The smallest absolute Gasteiger partial charge is 0.331 e. The first kappa shape index (κ1) is 19.8. The predicted molar refractivity (Wildman–Crippen MR) is 92.1 cm³/mol. The topological polar surface area (TPSA) is 114 Å². The lowest BCUT2D eigenvalue weighted by Gasteiger charge is -2.44. The molecule has 0 spiro atoms. The van der Waals surface area contributed by atoms with Crippen molar-refractivity contribution in [1.82, 2.24) is 10.2 Å². The van der Waals surface area contributed by atoms with Gasteiger partial charge in [0.1, 0.15) is 0 Å². The normalized spacial score (nSPS) is 30.6. The first-order chi connectivity index (χ1) is 11.9. The van der Waals surface area contributed by atoms with Crippen LogP contribution in [0.3, 0.4) is 0 Å². The molecule has 0 unspecified atom stereocenters. The highest BCUT2D eigenvalue weighted by Crippen LogP contribution is 2.26. The van der Waals surface area contributed by atoms with Crippen molar-refractivity contribution in [3.8, 4) is 0 Å². The average molecular weight is 355 g/mol. The summed E-state index contributed by atoms with van der Waals surface area (Å²) in [6.07, 6.45) is 3.97. The van der Waals surface area contributed by atoms with Gasteiger partial charge in [0.15, 0.2) is 0 Å². The van der Waals surface area contributed by atoms with Crippen molar-refractivity contribution in [2.24, 2.45) is 5.73 Å². The van der Waals surface area contributed by atoms with E-state index < -0.39 is 12.0 Å². The van der Waals surface area contributed by atoms with Crippen LogP contribution < -0.4 is 11.1 Å². The molecule has 1 fully saturated rings. The fraction of sp³-hybridized carbons (Fsp3) is 0.765. The molecule has 0 radical (unpaired) electrons. The summed E-state index contributed by atoms with van der Waals surface area (Å²) in [7, 11) is 1.64. The van der Waals surface area contributed by atoms with E-state index in [-0.39, 0.29) is 30.5 Å². The van der Waals surface area contributed by atoms with Gasteiger partial charge in [-0.3, -0.25) is 9.69 Å². The van der Waals surface area contributed by atoms with Crippen LogP contribution in [0.1, 0.15) is 26.2 Å². The van der Waals surface area contributed by atoms with Crippen LogP contribution in [0.2, 0.25) is 0 Å². The van der Waals surface area contributed by atoms with E-state index in [4.69, 9.17) is 15.2 Å². The molecule has 8 heteroatoms. The van der Waals surface area contributed by atoms with Gasteiger partial charge in [-0.1, -0.05) is 6.08 Å². The van der Waals surface area contributed by atoms with Crippen molar-refractivity contribution < 1.29 is 24.2 Å². The third kappa shape index (κ3) is 5.50. The second-order valence-corrected chi connectivity index (χ2v) is 6.70. The summed E-state index contributed by atoms with van der Waals surface area (Å²) in [6.45, 7) is 4.03. The van der Waals surface area contributed by atoms with Crippen molar-refractivity contribution in [3.05, 3.63) is 11.6 Å². The summed E-state index contributed by atoms with van der Waals surface area (Å²) < 4.78 is 10.9. The number of nitrogens with zero attached hydrogens (tertiary/aromatic N) is 1. The number of likely N-dealkylation sites (tertiary alicyclic amines) is 1. The number of rotatable bonds is 7. The maximum Gasteiger partial charge on any atom is 0.331 e. The van der Waals surface area contributed by atoms with E-state index >= 15 is 0 Å². The number of methoxy groups -OCH3 is 1. The quantitative estimate of drug-likeness (QED) is 0.539. The van der Waals surface area contributed by atoms with Gasteiger partial charge in [0.25, 0.3) is 0 Å². The maximum absolute atomic E-state index is 11.6. The monoisotopic (exact) mass is 355 g/mol. The van der Waals surface area contributed by atoms with E-state index in [0.717, 1.165) is 19.4 Å². The minimum Gasteiger partial charge on any atom is -0.478 e. The molecule has 1 saturated heterocycles. The van der Waals surface area contributed by atoms with E-state index in [2.05, 4.69) is 10.2 Å². The first-order valence-corrected chi connectivity index (χ1v) is 8.73. The summed E-state index contributed by atoms with van der Waals surface area (Å²) >= 11 is 0. The van der Waals surface area contributed by atoms with Crippen LogP contribution in [0, 0.1) is 0 Å². The molecule has 1 aliphatic heterocycles. The molecule has 0 bridgehead atoms. The second-order valence-electron chi connectivity index (χ2n) is 6.70. The molecule has 4 atom stereocenters. The van der Waals surface area contributed by atoms with E-state index in [0.29, 0.717) is 25.3 Å². The van der Waals surface area contributed by atoms with Gasteiger partial charge in [-0.05, 0) is 25.8 Å². The molecular weight excluding hydrogens is 326 g/mol. The zero-order valence-electron chi connectivity index (χ0n) is 14.9. The van der Waals surface area contributed by atoms with Gasteiger partial charge in [0, 0.05) is 32.2 Å². The first-order valence-electron chi connectivity index (χ1n) is 8.73. The van der Waals surface area contributed by atoms with Crippen molar-refractivity contribution >= 4 is 11.9 Å². The lowest BCUT2D eigenvalue weighted by Crippen LogP contribution is -2.62. The van der Waals surface area contributed by atoms with Crippen molar-refractivity contribution in [2.75, 3.05) is 33.4 Å². The molecule has 2 aliphatic rings. The molecule has 25 heavy (non-hydrogen) atoms. The van der Waals surface area contributed by atoms with E-state index in [1.807, 2.05) is 0 Å². The van der Waals surface area contributed by atoms with Crippen LogP contribution >= 0.6 is 0 Å². The molecule has 1 amide bonds. The number of piperidine rings is 1. The summed E-state index contributed by atoms with van der Waals surface area (Å²) in [5, 5.41) is 12.3. The minimum atomic E-state index is -0.952. The van der Waals surface area contributed by atoms with Crippen molar-refractivity contribution in [3.63, 3.8) is 0 Å². The number of carbonyl (C=O) groups is 2. The van der Waals surface area contributed by atoms with Crippen LogP contribution in [-0.4, -0.2) is 79.5 Å². The molecule has 1 heterocycles. The zero-order valence-corrected chi connectivity index (χ0v) is 14.9. The van der Waals surface area contributed by atoms with E-state index in [1.165, 1.54) is 6.92 Å². The molecule has 0 aromatic heterocycles. The van der Waals surface area contributed by atoms with Crippen LogP contribution in [0.5, 0.6) is 0 Å². The summed E-state index contributed by atoms with van der Waals surface area (Å²) in [4.78, 5) is 25.2. The van der Waals surface area contributed by atoms with Gasteiger partial charge in [-0.15, -0.1) is 0 Å². The second kappa shape index (κ2) is 9.28. The highest BCUT2D eigenvalue weighted by molar-refractivity contribution is 5.87. The third-order valence-electron chi connectivity index (χ3n) is 4.77. The predicted octanol–water partition coefficient (Wildman–Crippen LogP) is -0.271. The van der Waals surface area contributed by atoms with Crippen LogP contribution in [-0.2, 0) is 19.1 Å². The molecular formula is C17H29N3O5. The number of carbonyl (C=O) groups excluding carboxylic acids is 1. The summed E-state index contributed by atoms with van der Waals surface area (Å²) in [5.74, 6) is -1.12. The largest absolute Gasteiger partial charge is 0.478 e. The Labute approximate surface area is 148 Å². The Morgan fingerprint density at radius 3 is 2.84 bits per heavy atom. The Kier molecular flexibility index (Phi) is 7.37. The van der Waals surface area contributed by atoms with Crippen LogP contribution in [0.15, 0.2) is 11.6 Å². The molecule has 1 aliphatic carbocycles. The summed E-state index contributed by atoms with van der Waals surface area (Å²) in [6, 6.07) is -0.981. The number of amides is 1. The molecule has 2 rings (SSSR count). The highest BCUT2D eigenvalue weighted by Gasteiger charge is 2.38. The van der Waals surface area contributed by atoms with Gasteiger partial charge in [-0.2, -0.15) is 0 Å².